The number of nitrogens with one attached hydrogen (secondary N) is 1. The van der Waals surface area contributed by atoms with Gasteiger partial charge in [-0.05, 0) is 136 Å². The van der Waals surface area contributed by atoms with Gasteiger partial charge in [-0.1, -0.05) is 137 Å². The van der Waals surface area contributed by atoms with E-state index in [1.807, 2.05) is 109 Å². The molecular formula is C72H87Br3Cl12N16O10. The first-order chi connectivity index (χ1) is 50.4. The predicted molar refractivity (Wildman–Crippen MR) is 480 cm³/mol. The van der Waals surface area contributed by atoms with Gasteiger partial charge >= 0.3 is 0 Å². The van der Waals surface area contributed by atoms with Gasteiger partial charge in [0.05, 0.1) is 110 Å². The monoisotopic (exact) mass is 1990 g/mol. The second-order valence-corrected chi connectivity index (χ2v) is 30.6. The SMILES string of the molecule is Br.Br.Br.C.CC(C)Cn1c(CN(C)C)nc2c(O)c(Cl)cc(Cl)c2c1=O.CCn1c(CN(C)C)nc2c(O)c(Cl)cc(Cl)c2c1=O.CN(C)Cc1nc2c(O)c(Cl)cc(Cl)c2c(=O)n1C.CN(C)Cc1nc2c(O)c(Cl)cc(Cl)c2c(=O)n1CC1CC1.Cl.Cl.O=c1c2c(Cl)cc(Cl)c(O)c2ncn1CCNCc1ccncc1. The zero-order valence-corrected chi connectivity index (χ0v) is 76.6. The van der Waals surface area contributed by atoms with E-state index in [-0.39, 0.29) is 250 Å². The smallest absolute Gasteiger partial charge is 0.263 e. The van der Waals surface area contributed by atoms with Crippen molar-refractivity contribution in [2.24, 2.45) is 18.9 Å². The van der Waals surface area contributed by atoms with E-state index in [0.717, 1.165) is 18.4 Å². The van der Waals surface area contributed by atoms with Crippen molar-refractivity contribution in [2.45, 2.75) is 99.9 Å². The molecule has 113 heavy (non-hydrogen) atoms. The molecule has 41 heteroatoms. The number of halogens is 15. The van der Waals surface area contributed by atoms with Crippen LogP contribution in [0.1, 0.15) is 69.9 Å². The van der Waals surface area contributed by atoms with Crippen molar-refractivity contribution >= 4 is 246 Å². The van der Waals surface area contributed by atoms with Crippen LogP contribution >= 0.6 is 192 Å². The van der Waals surface area contributed by atoms with Crippen LogP contribution in [0.5, 0.6) is 28.7 Å². The summed E-state index contributed by atoms with van der Waals surface area (Å²) < 4.78 is 7.70. The molecule has 1 saturated carbocycles. The Morgan fingerprint density at radius 1 is 0.469 bits per heavy atom. The molecular weight excluding hydrogens is 1910 g/mol. The van der Waals surface area contributed by atoms with E-state index >= 15 is 0 Å². The maximum Gasteiger partial charge on any atom is 0.263 e. The Morgan fingerprint density at radius 3 is 1.15 bits per heavy atom. The van der Waals surface area contributed by atoms with Gasteiger partial charge in [-0.25, -0.2) is 24.9 Å². The molecule has 0 atom stereocenters. The Hall–Kier alpha value is -5.33. The van der Waals surface area contributed by atoms with Gasteiger partial charge in [-0.3, -0.25) is 51.8 Å². The molecule has 11 aromatic rings. The minimum Gasteiger partial charge on any atom is -0.504 e. The first-order valence-electron chi connectivity index (χ1n) is 33.0. The predicted octanol–water partition coefficient (Wildman–Crippen LogP) is 16.3. The van der Waals surface area contributed by atoms with Crippen molar-refractivity contribution in [3.05, 3.63) is 192 Å². The number of phenolic OH excluding ortho intramolecular Hbond substituents is 5. The first kappa shape index (κ1) is 104. The van der Waals surface area contributed by atoms with Gasteiger partial charge in [0.15, 0.2) is 28.7 Å². The van der Waals surface area contributed by atoms with E-state index in [1.54, 1.807) is 33.1 Å². The number of benzene rings is 5. The second kappa shape index (κ2) is 45.6. The first-order valence-corrected chi connectivity index (χ1v) is 36.8. The Morgan fingerprint density at radius 2 is 0.788 bits per heavy atom. The lowest BCUT2D eigenvalue weighted by molar-refractivity contribution is 0.367. The minimum absolute atomic E-state index is 0. The molecule has 1 aliphatic rings. The average molecular weight is 2000 g/mol. The number of pyridine rings is 1. The molecule has 1 fully saturated rings. The van der Waals surface area contributed by atoms with Crippen molar-refractivity contribution in [3.8, 4) is 28.7 Å². The van der Waals surface area contributed by atoms with Gasteiger partial charge in [-0.15, -0.1) is 75.8 Å². The number of hydrogen-bond donors (Lipinski definition) is 6. The summed E-state index contributed by atoms with van der Waals surface area (Å²) in [5, 5.41) is 55.7. The highest BCUT2D eigenvalue weighted by Gasteiger charge is 2.28. The lowest BCUT2D eigenvalue weighted by Gasteiger charge is -2.18. The van der Waals surface area contributed by atoms with Gasteiger partial charge < -0.3 is 50.4 Å². The van der Waals surface area contributed by atoms with Crippen molar-refractivity contribution in [1.29, 1.82) is 0 Å². The normalized spacial score (nSPS) is 11.5. The molecule has 0 radical (unpaired) electrons. The summed E-state index contributed by atoms with van der Waals surface area (Å²) in [6, 6.07) is 10.6. The van der Waals surface area contributed by atoms with E-state index in [1.165, 1.54) is 45.8 Å². The fraction of sp³-hybridized carbons (Fsp3) is 0.375. The van der Waals surface area contributed by atoms with E-state index in [2.05, 4.69) is 35.2 Å². The summed E-state index contributed by atoms with van der Waals surface area (Å²) in [7, 11) is 16.7. The minimum atomic E-state index is -0.317. The van der Waals surface area contributed by atoms with Gasteiger partial charge in [0.2, 0.25) is 0 Å². The highest BCUT2D eigenvalue weighted by atomic mass is 79.9. The summed E-state index contributed by atoms with van der Waals surface area (Å²) in [6.45, 7) is 11.1. The third-order valence-corrected chi connectivity index (χ3v) is 19.3. The van der Waals surface area contributed by atoms with E-state index in [4.69, 9.17) is 116 Å². The van der Waals surface area contributed by atoms with Crippen molar-refractivity contribution in [1.82, 2.24) is 77.7 Å². The average Bonchev–Trinajstić information content (AvgIpc) is 1.68. The molecule has 12 rings (SSSR count). The van der Waals surface area contributed by atoms with Crippen LogP contribution in [0.15, 0.2) is 85.2 Å². The number of nitrogens with zero attached hydrogens (tertiary/aromatic N) is 15. The van der Waals surface area contributed by atoms with Crippen LogP contribution in [0, 0.1) is 11.8 Å². The zero-order chi connectivity index (χ0) is 79.1. The molecule has 0 aliphatic heterocycles. The molecule has 26 nitrogen and oxygen atoms in total. The molecule has 0 saturated heterocycles. The Bertz CT molecular complexity index is 5390. The van der Waals surface area contributed by atoms with Crippen LogP contribution < -0.4 is 33.1 Å². The quantitative estimate of drug-likeness (QED) is 0.0435. The zero-order valence-electron chi connectivity index (χ0n) is 62.2. The van der Waals surface area contributed by atoms with Gasteiger partial charge in [0.25, 0.3) is 27.8 Å². The van der Waals surface area contributed by atoms with Crippen LogP contribution in [0.3, 0.4) is 0 Å². The Kier molecular flexibility index (Phi) is 41.8. The van der Waals surface area contributed by atoms with Crippen LogP contribution in [-0.4, -0.2) is 161 Å². The van der Waals surface area contributed by atoms with Crippen LogP contribution in [0.25, 0.3) is 54.5 Å². The van der Waals surface area contributed by atoms with E-state index < -0.39 is 0 Å². The molecule has 0 amide bonds. The fourth-order valence-corrected chi connectivity index (χ4v) is 13.7. The summed E-state index contributed by atoms with van der Waals surface area (Å²) in [5.41, 5.74) is 0.457. The molecule has 0 bridgehead atoms. The van der Waals surface area contributed by atoms with Crippen molar-refractivity contribution in [3.63, 3.8) is 0 Å². The summed E-state index contributed by atoms with van der Waals surface area (Å²) in [6.07, 6.45) is 7.10. The topological polar surface area (TPSA) is 313 Å². The Labute approximate surface area is 745 Å². The lowest BCUT2D eigenvalue weighted by atomic mass is 10.2. The largest absolute Gasteiger partial charge is 0.504 e. The summed E-state index contributed by atoms with van der Waals surface area (Å²) >= 11 is 59.9. The summed E-state index contributed by atoms with van der Waals surface area (Å²) in [5.74, 6) is 1.98. The third kappa shape index (κ3) is 25.1. The highest BCUT2D eigenvalue weighted by molar-refractivity contribution is 8.93. The van der Waals surface area contributed by atoms with Gasteiger partial charge in [0, 0.05) is 58.7 Å². The number of phenols is 5. The van der Waals surface area contributed by atoms with Crippen LogP contribution in [-0.2, 0) is 66.0 Å². The van der Waals surface area contributed by atoms with Crippen LogP contribution in [0.2, 0.25) is 50.2 Å². The standard InChI is InChI=1S/C16H14Cl2N4O2.C15H17Cl2N3O2.C15H19Cl2N3O2.C13H15Cl2N3O2.C12H13Cl2N3O2.CH4.3BrH.2ClH/c17-11-7-12(18)15(23)14-13(11)16(24)22(9-21-14)6-5-20-8-10-1-3-19-4-2-10;1-19(2)7-11-18-13-12(9(16)5-10(17)14(13)21)15(22)20(11)6-8-3-4-8;1-8(2)6-20-11(7-19(3)4)18-13-12(15(20)22)9(16)5-10(17)14(13)21;1-4-18-9(6-17(2)3)16-11-10(13(18)20)7(14)5-8(15)12(11)19;1-16(2)5-8-15-10-9(12(19)17(8)3)6(13)4-7(14)11(10)18;;;;;;/h1-4,7,9,20,23H,5-6,8H2;5,8,21H,3-4,6-7H2,1-2H3;5,8,21H,6-7H2,1-4H3;5,19H,4,6H2,1-3H3;4,18H,5H2,1-3H3;1H4;5*1H. The van der Waals surface area contributed by atoms with Crippen LogP contribution in [0.4, 0.5) is 0 Å². The number of hydrogen-bond acceptors (Lipinski definition) is 21. The highest BCUT2D eigenvalue weighted by Crippen LogP contribution is 2.40. The molecule has 1 aliphatic carbocycles. The van der Waals surface area contributed by atoms with Crippen molar-refractivity contribution in [2.75, 3.05) is 62.9 Å². The molecule has 6 heterocycles. The second-order valence-electron chi connectivity index (χ2n) is 26.5. The number of fused-ring (bicyclic) bond motifs is 5. The lowest BCUT2D eigenvalue weighted by Crippen LogP contribution is -2.30. The van der Waals surface area contributed by atoms with Crippen molar-refractivity contribution < 1.29 is 25.5 Å². The third-order valence-electron chi connectivity index (χ3n) is 16.3. The maximum absolute atomic E-state index is 12.8. The fourth-order valence-electron chi connectivity index (χ4n) is 11.1. The molecule has 0 spiro atoms. The molecule has 5 aromatic carbocycles. The van der Waals surface area contributed by atoms with Gasteiger partial charge in [-0.2, -0.15) is 0 Å². The van der Waals surface area contributed by atoms with E-state index in [0.29, 0.717) is 94.7 Å². The van der Waals surface area contributed by atoms with E-state index in [9.17, 15) is 49.5 Å². The molecule has 6 aromatic heterocycles. The number of rotatable bonds is 18. The molecule has 6 N–H and O–H groups in total. The number of aromatic hydroxyl groups is 5. The number of aromatic nitrogens is 11. The molecule has 0 unspecified atom stereocenters. The summed E-state index contributed by atoms with van der Waals surface area (Å²) in [4.78, 5) is 96.3. The Balaban J connectivity index is 0.000000474. The van der Waals surface area contributed by atoms with Gasteiger partial charge in [0.1, 0.15) is 50.9 Å². The molecule has 620 valence electrons. The maximum atomic E-state index is 12.8.